The number of aryl methyl sites for hydroxylation is 2. The van der Waals surface area contributed by atoms with E-state index >= 15 is 0 Å². The Bertz CT molecular complexity index is 1370. The van der Waals surface area contributed by atoms with Gasteiger partial charge in [-0.15, -0.1) is 10.2 Å². The molecule has 2 fully saturated rings. The normalized spacial score (nSPS) is 16.5. The Morgan fingerprint density at radius 1 is 1.03 bits per heavy atom. The maximum absolute atomic E-state index is 13.9. The average molecular weight is 499 g/mol. The first-order valence-electron chi connectivity index (χ1n) is 13.3. The Kier molecular flexibility index (Phi) is 5.93. The molecular formula is C28H34N8O. The monoisotopic (exact) mass is 498 g/mol. The van der Waals surface area contributed by atoms with Crippen molar-refractivity contribution in [1.82, 2.24) is 35.2 Å². The fraction of sp³-hybridized carbons (Fsp3) is 0.464. The molecule has 3 N–H and O–H groups in total. The van der Waals surface area contributed by atoms with Crippen molar-refractivity contribution in [2.45, 2.75) is 65.3 Å². The zero-order chi connectivity index (χ0) is 25.7. The largest absolute Gasteiger partial charge is 0.325 e. The standard InChI is InChI=1S/C28H34N8O/c1-15(2)36-22(13-14-29-36)26-31-27(35-34-26)25(24(19-5-6-19)20-7-8-20)28(37)30-21-11-9-18(10-12-21)23-16(3)32-33-17(23)4/h9-15,19-20,24-25H,5-8H2,1-4H3,(H,30,37)(H,32,33)(H,31,34,35). The Labute approximate surface area is 216 Å². The van der Waals surface area contributed by atoms with Crippen molar-refractivity contribution in [3.05, 3.63) is 53.7 Å². The Balaban J connectivity index is 1.29. The lowest BCUT2D eigenvalue weighted by molar-refractivity contribution is -0.119. The van der Waals surface area contributed by atoms with Crippen LogP contribution in [0.1, 0.15) is 68.7 Å². The fourth-order valence-corrected chi connectivity index (χ4v) is 5.73. The lowest BCUT2D eigenvalue weighted by atomic mass is 9.82. The van der Waals surface area contributed by atoms with Gasteiger partial charge in [-0.1, -0.05) is 12.1 Å². The first-order chi connectivity index (χ1) is 17.9. The molecule has 0 spiro atoms. The molecule has 0 saturated heterocycles. The second-order valence-corrected chi connectivity index (χ2v) is 10.9. The van der Waals surface area contributed by atoms with Crippen LogP contribution < -0.4 is 5.32 Å². The number of carbonyl (C=O) groups is 1. The summed E-state index contributed by atoms with van der Waals surface area (Å²) in [5.41, 5.74) is 5.84. The van der Waals surface area contributed by atoms with Crippen molar-refractivity contribution in [2.24, 2.45) is 17.8 Å². The molecule has 2 aliphatic carbocycles. The summed E-state index contributed by atoms with van der Waals surface area (Å²) in [5.74, 6) is 2.35. The van der Waals surface area contributed by atoms with E-state index in [4.69, 9.17) is 0 Å². The maximum Gasteiger partial charge on any atom is 0.235 e. The summed E-state index contributed by atoms with van der Waals surface area (Å²) in [6, 6.07) is 10.1. The molecule has 4 aromatic rings. The van der Waals surface area contributed by atoms with Gasteiger partial charge in [0.15, 0.2) is 5.82 Å². The van der Waals surface area contributed by atoms with Crippen LogP contribution >= 0.6 is 0 Å². The Hall–Kier alpha value is -3.75. The fourth-order valence-electron chi connectivity index (χ4n) is 5.73. The van der Waals surface area contributed by atoms with Crippen LogP contribution in [-0.2, 0) is 4.79 Å². The summed E-state index contributed by atoms with van der Waals surface area (Å²) in [5, 5.41) is 23.9. The van der Waals surface area contributed by atoms with Crippen LogP contribution in [-0.4, -0.2) is 41.1 Å². The SMILES string of the molecule is Cc1n[nH]c(C)c1-c1ccc(NC(=O)C(c2nnc(-c3ccnn3C(C)C)[nH]2)C(C2CC2)C2CC2)cc1. The number of aromatic amines is 2. The highest BCUT2D eigenvalue weighted by Gasteiger charge is 2.49. The van der Waals surface area contributed by atoms with Crippen LogP contribution in [0.15, 0.2) is 36.5 Å². The first-order valence-corrected chi connectivity index (χ1v) is 13.3. The minimum Gasteiger partial charge on any atom is -0.325 e. The molecule has 6 rings (SSSR count). The lowest BCUT2D eigenvalue weighted by Crippen LogP contribution is -2.31. The maximum atomic E-state index is 13.9. The third-order valence-electron chi connectivity index (χ3n) is 7.77. The first kappa shape index (κ1) is 23.6. The summed E-state index contributed by atoms with van der Waals surface area (Å²) in [6.07, 6.45) is 6.51. The van der Waals surface area contributed by atoms with E-state index in [9.17, 15) is 4.79 Å². The molecule has 1 aromatic carbocycles. The van der Waals surface area contributed by atoms with Gasteiger partial charge in [0.2, 0.25) is 5.91 Å². The number of benzene rings is 1. The zero-order valence-corrected chi connectivity index (χ0v) is 21.8. The van der Waals surface area contributed by atoms with Gasteiger partial charge in [0.1, 0.15) is 17.4 Å². The molecule has 3 heterocycles. The lowest BCUT2D eigenvalue weighted by Gasteiger charge is -2.24. The van der Waals surface area contributed by atoms with E-state index in [1.54, 1.807) is 6.20 Å². The molecule has 0 bridgehead atoms. The van der Waals surface area contributed by atoms with Gasteiger partial charge >= 0.3 is 0 Å². The molecule has 2 aliphatic rings. The molecular weight excluding hydrogens is 464 g/mol. The van der Waals surface area contributed by atoms with Crippen LogP contribution in [0.5, 0.6) is 0 Å². The van der Waals surface area contributed by atoms with Crippen molar-refractivity contribution in [1.29, 1.82) is 0 Å². The van der Waals surface area contributed by atoms with Crippen molar-refractivity contribution >= 4 is 11.6 Å². The van der Waals surface area contributed by atoms with Crippen LogP contribution in [0.2, 0.25) is 0 Å². The summed E-state index contributed by atoms with van der Waals surface area (Å²) in [6.45, 7) is 8.18. The van der Waals surface area contributed by atoms with E-state index in [1.807, 2.05) is 48.9 Å². The van der Waals surface area contributed by atoms with Crippen molar-refractivity contribution in [3.8, 4) is 22.6 Å². The average Bonchev–Trinajstić information content (AvgIpc) is 3.76. The molecule has 0 aliphatic heterocycles. The highest BCUT2D eigenvalue weighted by atomic mass is 16.2. The van der Waals surface area contributed by atoms with Gasteiger partial charge in [-0.05, 0) is 94.9 Å². The van der Waals surface area contributed by atoms with Crippen molar-refractivity contribution < 1.29 is 4.79 Å². The Morgan fingerprint density at radius 3 is 2.32 bits per heavy atom. The third kappa shape index (κ3) is 4.58. The molecule has 0 radical (unpaired) electrons. The molecule has 37 heavy (non-hydrogen) atoms. The van der Waals surface area contributed by atoms with E-state index in [0.29, 0.717) is 23.5 Å². The van der Waals surface area contributed by atoms with Gasteiger partial charge in [-0.2, -0.15) is 10.2 Å². The van der Waals surface area contributed by atoms with Crippen LogP contribution in [0.25, 0.3) is 22.6 Å². The molecule has 1 atom stereocenters. The smallest absolute Gasteiger partial charge is 0.235 e. The van der Waals surface area contributed by atoms with Crippen LogP contribution in [0, 0.1) is 31.6 Å². The molecule has 1 unspecified atom stereocenters. The van der Waals surface area contributed by atoms with E-state index < -0.39 is 0 Å². The number of rotatable bonds is 9. The summed E-state index contributed by atoms with van der Waals surface area (Å²) in [7, 11) is 0. The minimum atomic E-state index is -0.366. The van der Waals surface area contributed by atoms with Gasteiger partial charge in [-0.25, -0.2) is 0 Å². The molecule has 9 nitrogen and oxygen atoms in total. The minimum absolute atomic E-state index is 0.0210. The van der Waals surface area contributed by atoms with Crippen molar-refractivity contribution in [3.63, 3.8) is 0 Å². The predicted octanol–water partition coefficient (Wildman–Crippen LogP) is 5.41. The number of anilines is 1. The number of hydrogen-bond acceptors (Lipinski definition) is 5. The zero-order valence-electron chi connectivity index (χ0n) is 21.8. The summed E-state index contributed by atoms with van der Waals surface area (Å²) < 4.78 is 1.92. The van der Waals surface area contributed by atoms with E-state index in [2.05, 4.69) is 49.6 Å². The van der Waals surface area contributed by atoms with Crippen LogP contribution in [0.3, 0.4) is 0 Å². The molecule has 192 valence electrons. The van der Waals surface area contributed by atoms with E-state index in [1.165, 1.54) is 25.7 Å². The number of aromatic nitrogens is 7. The van der Waals surface area contributed by atoms with Gasteiger partial charge in [0, 0.05) is 29.2 Å². The number of amides is 1. The molecule has 3 aromatic heterocycles. The second kappa shape index (κ2) is 9.28. The van der Waals surface area contributed by atoms with E-state index in [0.717, 1.165) is 33.9 Å². The predicted molar refractivity (Wildman–Crippen MR) is 142 cm³/mol. The summed E-state index contributed by atoms with van der Waals surface area (Å²) >= 11 is 0. The molecule has 9 heteroatoms. The highest BCUT2D eigenvalue weighted by Crippen LogP contribution is 2.54. The van der Waals surface area contributed by atoms with Crippen molar-refractivity contribution in [2.75, 3.05) is 5.32 Å². The van der Waals surface area contributed by atoms with Crippen LogP contribution in [0.4, 0.5) is 5.69 Å². The molecule has 1 amide bonds. The van der Waals surface area contributed by atoms with Gasteiger partial charge < -0.3 is 10.3 Å². The number of hydrogen-bond donors (Lipinski definition) is 3. The quantitative estimate of drug-likeness (QED) is 0.285. The van der Waals surface area contributed by atoms with Gasteiger partial charge in [0.25, 0.3) is 0 Å². The van der Waals surface area contributed by atoms with Gasteiger partial charge in [-0.3, -0.25) is 14.6 Å². The highest BCUT2D eigenvalue weighted by molar-refractivity contribution is 5.96. The Morgan fingerprint density at radius 2 is 1.73 bits per heavy atom. The summed E-state index contributed by atoms with van der Waals surface area (Å²) in [4.78, 5) is 17.3. The third-order valence-corrected chi connectivity index (χ3v) is 7.77. The number of H-pyrrole nitrogens is 2. The number of nitrogens with one attached hydrogen (secondary N) is 3. The molecule has 2 saturated carbocycles. The van der Waals surface area contributed by atoms with E-state index in [-0.39, 0.29) is 23.8 Å². The number of nitrogens with zero attached hydrogens (tertiary/aromatic N) is 5. The number of carbonyl (C=O) groups excluding carboxylic acids is 1. The topological polar surface area (TPSA) is 117 Å². The van der Waals surface area contributed by atoms with Gasteiger partial charge in [0.05, 0.1) is 5.69 Å². The second-order valence-electron chi connectivity index (χ2n) is 10.9.